The molecule has 0 spiro atoms. The molecule has 35 heavy (non-hydrogen) atoms. The van der Waals surface area contributed by atoms with Crippen LogP contribution >= 0.6 is 0 Å². The van der Waals surface area contributed by atoms with Crippen LogP contribution in [-0.2, 0) is 20.0 Å². The van der Waals surface area contributed by atoms with E-state index in [9.17, 15) is 4.79 Å². The molecule has 0 radical (unpaired) electrons. The Bertz CT molecular complexity index is 1390. The summed E-state index contributed by atoms with van der Waals surface area (Å²) in [6, 6.07) is 15.9. The molecule has 180 valence electrons. The maximum absolute atomic E-state index is 14.0. The molecule has 7 nitrogen and oxygen atoms in total. The van der Waals surface area contributed by atoms with Gasteiger partial charge in [0.2, 0.25) is 0 Å². The summed E-state index contributed by atoms with van der Waals surface area (Å²) in [7, 11) is 1.87. The van der Waals surface area contributed by atoms with Crippen LogP contribution in [0.3, 0.4) is 0 Å². The van der Waals surface area contributed by atoms with Crippen LogP contribution in [0.4, 0.5) is 0 Å². The highest BCUT2D eigenvalue weighted by molar-refractivity contribution is 6.07. The van der Waals surface area contributed by atoms with Gasteiger partial charge in [-0.3, -0.25) is 9.48 Å². The second-order valence-corrected chi connectivity index (χ2v) is 8.74. The predicted molar refractivity (Wildman–Crippen MR) is 136 cm³/mol. The van der Waals surface area contributed by atoms with Gasteiger partial charge in [-0.05, 0) is 56.5 Å². The number of amides is 1. The number of hydrogen-bond donors (Lipinski definition) is 0. The molecule has 0 bridgehead atoms. The van der Waals surface area contributed by atoms with Crippen LogP contribution in [0.5, 0.6) is 11.5 Å². The Balaban J connectivity index is 1.54. The van der Waals surface area contributed by atoms with Gasteiger partial charge in [-0.15, -0.1) is 0 Å². The third-order valence-corrected chi connectivity index (χ3v) is 6.43. The molecule has 0 aliphatic carbocycles. The summed E-state index contributed by atoms with van der Waals surface area (Å²) >= 11 is 0. The van der Waals surface area contributed by atoms with Crippen molar-refractivity contribution >= 4 is 16.9 Å². The maximum atomic E-state index is 14.0. The van der Waals surface area contributed by atoms with Crippen molar-refractivity contribution in [1.29, 1.82) is 0 Å². The van der Waals surface area contributed by atoms with Crippen LogP contribution in [0.15, 0.2) is 48.5 Å². The molecule has 1 aliphatic heterocycles. The van der Waals surface area contributed by atoms with Crippen molar-refractivity contribution in [2.45, 2.75) is 33.7 Å². The normalized spacial score (nSPS) is 13.1. The fourth-order valence-corrected chi connectivity index (χ4v) is 4.81. The van der Waals surface area contributed by atoms with E-state index in [1.807, 2.05) is 75.2 Å². The summed E-state index contributed by atoms with van der Waals surface area (Å²) in [5, 5.41) is 5.37. The molecule has 0 fully saturated rings. The molecule has 7 heteroatoms. The number of fused-ring (bicyclic) bond motifs is 2. The summed E-state index contributed by atoms with van der Waals surface area (Å²) in [4.78, 5) is 20.7. The number of hydrogen-bond acceptors (Lipinski definition) is 5. The molecule has 4 aromatic rings. The lowest BCUT2D eigenvalue weighted by molar-refractivity contribution is 0.0736. The Morgan fingerprint density at radius 1 is 1.00 bits per heavy atom. The van der Waals surface area contributed by atoms with Gasteiger partial charge in [-0.25, -0.2) is 4.98 Å². The van der Waals surface area contributed by atoms with Gasteiger partial charge in [0.05, 0.1) is 35.6 Å². The second kappa shape index (κ2) is 9.41. The van der Waals surface area contributed by atoms with Crippen LogP contribution in [0.1, 0.15) is 41.0 Å². The summed E-state index contributed by atoms with van der Waals surface area (Å²) in [6.07, 6.45) is 0.763. The standard InChI is InChI=1S/C28H30N4O3/c1-5-34-24-14-20-12-13-32(17-21(20)15-25(24)35-6-2)28(33)22-16-23(19-10-8-7-9-11-19)29-27-26(22)18(3)30-31(27)4/h7-11,14-16H,5-6,12-13,17H2,1-4H3. The van der Waals surface area contributed by atoms with E-state index in [1.165, 1.54) is 5.56 Å². The fraction of sp³-hybridized carbons (Fsp3) is 0.321. The topological polar surface area (TPSA) is 69.5 Å². The van der Waals surface area contributed by atoms with E-state index >= 15 is 0 Å². The summed E-state index contributed by atoms with van der Waals surface area (Å²) < 4.78 is 13.4. The lowest BCUT2D eigenvalue weighted by Gasteiger charge is -2.30. The van der Waals surface area contributed by atoms with Crippen molar-refractivity contribution < 1.29 is 14.3 Å². The molecular weight excluding hydrogens is 440 g/mol. The Morgan fingerprint density at radius 3 is 2.37 bits per heavy atom. The van der Waals surface area contributed by atoms with E-state index in [1.54, 1.807) is 4.68 Å². The monoisotopic (exact) mass is 470 g/mol. The van der Waals surface area contributed by atoms with Gasteiger partial charge >= 0.3 is 0 Å². The van der Waals surface area contributed by atoms with Crippen molar-refractivity contribution in [3.8, 4) is 22.8 Å². The van der Waals surface area contributed by atoms with Gasteiger partial charge in [0.25, 0.3) is 5.91 Å². The van der Waals surface area contributed by atoms with Crippen LogP contribution in [0, 0.1) is 6.92 Å². The van der Waals surface area contributed by atoms with Crippen LogP contribution in [-0.4, -0.2) is 45.3 Å². The van der Waals surface area contributed by atoms with E-state index in [-0.39, 0.29) is 5.91 Å². The summed E-state index contributed by atoms with van der Waals surface area (Å²) in [6.45, 7) is 8.14. The SMILES string of the molecule is CCOc1cc2c(cc1OCC)CN(C(=O)c1cc(-c3ccccc3)nc3c1c(C)nn3C)CC2. The highest BCUT2D eigenvalue weighted by atomic mass is 16.5. The molecule has 0 unspecified atom stereocenters. The zero-order chi connectivity index (χ0) is 24.5. The van der Waals surface area contributed by atoms with E-state index < -0.39 is 0 Å². The number of aromatic nitrogens is 3. The third-order valence-electron chi connectivity index (χ3n) is 6.43. The average Bonchev–Trinajstić information content (AvgIpc) is 3.17. The van der Waals surface area contributed by atoms with Crippen molar-refractivity contribution in [1.82, 2.24) is 19.7 Å². The Morgan fingerprint density at radius 2 is 1.69 bits per heavy atom. The molecule has 2 aromatic carbocycles. The molecule has 0 N–H and O–H groups in total. The first-order valence-electron chi connectivity index (χ1n) is 12.1. The predicted octanol–water partition coefficient (Wildman–Crippen LogP) is 4.94. The Labute approximate surface area is 205 Å². The Kier molecular flexibility index (Phi) is 6.16. The number of ether oxygens (including phenoxy) is 2. The highest BCUT2D eigenvalue weighted by Crippen LogP contribution is 2.35. The maximum Gasteiger partial charge on any atom is 0.255 e. The molecule has 5 rings (SSSR count). The molecule has 0 atom stereocenters. The molecule has 1 amide bonds. The average molecular weight is 471 g/mol. The minimum absolute atomic E-state index is 0.0109. The second-order valence-electron chi connectivity index (χ2n) is 8.74. The largest absolute Gasteiger partial charge is 0.490 e. The van der Waals surface area contributed by atoms with Gasteiger partial charge in [0, 0.05) is 25.7 Å². The fourth-order valence-electron chi connectivity index (χ4n) is 4.81. The minimum atomic E-state index is -0.0109. The number of rotatable bonds is 6. The van der Waals surface area contributed by atoms with Gasteiger partial charge in [0.15, 0.2) is 17.1 Å². The van der Waals surface area contributed by atoms with E-state index in [0.717, 1.165) is 45.8 Å². The van der Waals surface area contributed by atoms with Crippen molar-refractivity contribution in [3.05, 3.63) is 70.9 Å². The quantitative estimate of drug-likeness (QED) is 0.399. The van der Waals surface area contributed by atoms with Gasteiger partial charge in [-0.1, -0.05) is 30.3 Å². The van der Waals surface area contributed by atoms with Crippen LogP contribution in [0.2, 0.25) is 0 Å². The van der Waals surface area contributed by atoms with E-state index in [2.05, 4.69) is 11.2 Å². The number of carbonyl (C=O) groups excluding carboxylic acids is 1. The van der Waals surface area contributed by atoms with Gasteiger partial charge < -0.3 is 14.4 Å². The van der Waals surface area contributed by atoms with Crippen LogP contribution < -0.4 is 9.47 Å². The first kappa shape index (κ1) is 22.9. The lowest BCUT2D eigenvalue weighted by Crippen LogP contribution is -2.36. The smallest absolute Gasteiger partial charge is 0.255 e. The zero-order valence-electron chi connectivity index (χ0n) is 20.7. The summed E-state index contributed by atoms with van der Waals surface area (Å²) in [5.74, 6) is 1.48. The zero-order valence-corrected chi connectivity index (χ0v) is 20.7. The van der Waals surface area contributed by atoms with Crippen molar-refractivity contribution in [2.75, 3.05) is 19.8 Å². The first-order valence-corrected chi connectivity index (χ1v) is 12.1. The number of nitrogens with zero attached hydrogens (tertiary/aromatic N) is 4. The van der Waals surface area contributed by atoms with Gasteiger partial charge in [-0.2, -0.15) is 5.10 Å². The number of pyridine rings is 1. The van der Waals surface area contributed by atoms with E-state index in [4.69, 9.17) is 14.5 Å². The van der Waals surface area contributed by atoms with E-state index in [0.29, 0.717) is 37.5 Å². The van der Waals surface area contributed by atoms with Gasteiger partial charge in [0.1, 0.15) is 0 Å². The van der Waals surface area contributed by atoms with Crippen molar-refractivity contribution in [3.63, 3.8) is 0 Å². The van der Waals surface area contributed by atoms with Crippen molar-refractivity contribution in [2.24, 2.45) is 7.05 Å². The molecule has 1 aliphatic rings. The first-order chi connectivity index (χ1) is 17.0. The molecule has 0 saturated carbocycles. The molecular formula is C28H30N4O3. The van der Waals surface area contributed by atoms with Crippen LogP contribution in [0.25, 0.3) is 22.3 Å². The molecule has 0 saturated heterocycles. The molecule has 3 heterocycles. The number of aryl methyl sites for hydroxylation is 2. The lowest BCUT2D eigenvalue weighted by atomic mass is 9.97. The minimum Gasteiger partial charge on any atom is -0.490 e. The Hall–Kier alpha value is -3.87. The molecule has 2 aromatic heterocycles. The number of benzene rings is 2. The number of carbonyl (C=O) groups is 1. The third kappa shape index (κ3) is 4.22. The summed E-state index contributed by atoms with van der Waals surface area (Å²) in [5.41, 5.74) is 6.17. The highest BCUT2D eigenvalue weighted by Gasteiger charge is 2.27.